The van der Waals surface area contributed by atoms with Gasteiger partial charge in [-0.15, -0.1) is 0 Å². The van der Waals surface area contributed by atoms with Crippen molar-refractivity contribution in [2.75, 3.05) is 20.1 Å². The number of carboxylic acids is 1. The number of nitrogens with zero attached hydrogens (tertiary/aromatic N) is 4. The number of aromatic nitrogens is 2. The molecule has 0 atom stereocenters. The lowest BCUT2D eigenvalue weighted by molar-refractivity contribution is -0.192. The van der Waals surface area contributed by atoms with Gasteiger partial charge in [0.25, 0.3) is 0 Å². The standard InChI is InChI=1S/C27H24N6O3.C2HF3O2/c1-33-13-12-30-26(33)19-8-5-9-20(14-19)35-27-31-21(17-6-3-2-4-7-17)16-24(32-27)36-23-15-18(25(28)29)10-11-22(23)34;3-2(4,5)1(6)7/h2-11,14-16,34H,12-13H2,1H3,(H3,28,29);(H,6,7). The SMILES string of the molecule is CN1CCN=C1c1cccc(Oc2nc(Oc3cc(C(=N)N)ccc3O)cc(-c3ccccc3)n2)c1.O=C(O)C(F)(F)F. The molecule has 5 rings (SSSR count). The predicted molar refractivity (Wildman–Crippen MR) is 151 cm³/mol. The van der Waals surface area contributed by atoms with E-state index in [9.17, 15) is 18.3 Å². The molecule has 11 nitrogen and oxygen atoms in total. The Bertz CT molecular complexity index is 1660. The average molecular weight is 595 g/mol. The summed E-state index contributed by atoms with van der Waals surface area (Å²) in [6, 6.07) is 23.3. The van der Waals surface area contributed by atoms with Gasteiger partial charge < -0.3 is 30.3 Å². The van der Waals surface area contributed by atoms with Crippen molar-refractivity contribution >= 4 is 17.6 Å². The van der Waals surface area contributed by atoms with Gasteiger partial charge in [-0.2, -0.15) is 23.1 Å². The monoisotopic (exact) mass is 594 g/mol. The molecule has 1 aromatic heterocycles. The summed E-state index contributed by atoms with van der Waals surface area (Å²) in [7, 11) is 2.01. The molecule has 1 aliphatic rings. The molecule has 0 fully saturated rings. The molecule has 0 spiro atoms. The molecule has 222 valence electrons. The van der Waals surface area contributed by atoms with E-state index in [2.05, 4.69) is 19.9 Å². The number of hydrogen-bond acceptors (Lipinski definition) is 9. The number of phenolic OH excluding ortho intramolecular Hbond substituents is 1. The second-order valence-electron chi connectivity index (χ2n) is 9.00. The van der Waals surface area contributed by atoms with E-state index >= 15 is 0 Å². The van der Waals surface area contributed by atoms with Gasteiger partial charge >= 0.3 is 18.2 Å². The summed E-state index contributed by atoms with van der Waals surface area (Å²) in [6.45, 7) is 1.64. The quantitative estimate of drug-likeness (QED) is 0.169. The molecule has 0 radical (unpaired) electrons. The normalized spacial score (nSPS) is 12.6. The highest BCUT2D eigenvalue weighted by atomic mass is 19.4. The maximum absolute atomic E-state index is 10.6. The fourth-order valence-corrected chi connectivity index (χ4v) is 3.78. The molecule has 0 amide bonds. The highest BCUT2D eigenvalue weighted by Gasteiger charge is 2.38. The Morgan fingerprint density at radius 1 is 0.977 bits per heavy atom. The van der Waals surface area contributed by atoms with Gasteiger partial charge in [0.1, 0.15) is 17.4 Å². The highest BCUT2D eigenvalue weighted by Crippen LogP contribution is 2.34. The maximum atomic E-state index is 10.6. The minimum absolute atomic E-state index is 0.0763. The van der Waals surface area contributed by atoms with Gasteiger partial charge in [-0.1, -0.05) is 42.5 Å². The molecule has 1 aliphatic heterocycles. The van der Waals surface area contributed by atoms with Crippen LogP contribution in [0.25, 0.3) is 11.3 Å². The van der Waals surface area contributed by atoms with Crippen LogP contribution in [0.15, 0.2) is 83.9 Å². The van der Waals surface area contributed by atoms with Crippen LogP contribution in [-0.4, -0.2) is 69.0 Å². The van der Waals surface area contributed by atoms with Crippen molar-refractivity contribution in [1.82, 2.24) is 14.9 Å². The predicted octanol–water partition coefficient (Wildman–Crippen LogP) is 5.04. The number of ether oxygens (including phenoxy) is 2. The summed E-state index contributed by atoms with van der Waals surface area (Å²) >= 11 is 0. The Morgan fingerprint density at radius 2 is 1.67 bits per heavy atom. The van der Waals surface area contributed by atoms with Crippen molar-refractivity contribution in [1.29, 1.82) is 5.41 Å². The molecule has 4 aromatic rings. The Morgan fingerprint density at radius 3 is 2.30 bits per heavy atom. The number of likely N-dealkylation sites (N-methyl/N-ethyl adjacent to an activating group) is 1. The first-order valence-electron chi connectivity index (χ1n) is 12.5. The first-order valence-corrected chi connectivity index (χ1v) is 12.5. The van der Waals surface area contributed by atoms with Crippen molar-refractivity contribution < 1.29 is 37.7 Å². The van der Waals surface area contributed by atoms with Crippen LogP contribution in [-0.2, 0) is 4.79 Å². The number of rotatable bonds is 7. The van der Waals surface area contributed by atoms with Crippen molar-refractivity contribution in [2.45, 2.75) is 6.18 Å². The van der Waals surface area contributed by atoms with Gasteiger partial charge in [0, 0.05) is 36.3 Å². The number of aliphatic imine (C=N–C) groups is 1. The van der Waals surface area contributed by atoms with Gasteiger partial charge in [0.05, 0.1) is 12.2 Å². The number of halogens is 3. The van der Waals surface area contributed by atoms with Gasteiger partial charge in [0.2, 0.25) is 5.88 Å². The summed E-state index contributed by atoms with van der Waals surface area (Å²) in [5, 5.41) is 25.1. The third kappa shape index (κ3) is 7.97. The third-order valence-corrected chi connectivity index (χ3v) is 5.84. The molecule has 3 aromatic carbocycles. The van der Waals surface area contributed by atoms with E-state index in [1.54, 1.807) is 6.07 Å². The molecule has 2 heterocycles. The van der Waals surface area contributed by atoms with Crippen molar-refractivity contribution in [3.8, 4) is 40.4 Å². The fourth-order valence-electron chi connectivity index (χ4n) is 3.78. The number of aliphatic carboxylic acids is 1. The zero-order valence-electron chi connectivity index (χ0n) is 22.5. The number of benzene rings is 3. The highest BCUT2D eigenvalue weighted by molar-refractivity contribution is 6.00. The second-order valence-corrected chi connectivity index (χ2v) is 9.00. The van der Waals surface area contributed by atoms with Crippen LogP contribution in [0.2, 0.25) is 0 Å². The summed E-state index contributed by atoms with van der Waals surface area (Å²) < 4.78 is 43.7. The minimum atomic E-state index is -5.08. The Kier molecular flexibility index (Phi) is 9.08. The zero-order valence-corrected chi connectivity index (χ0v) is 22.5. The fraction of sp³-hybridized carbons (Fsp3) is 0.138. The van der Waals surface area contributed by atoms with Crippen molar-refractivity contribution in [2.24, 2.45) is 10.7 Å². The summed E-state index contributed by atoms with van der Waals surface area (Å²) in [5.74, 6) is -1.29. The van der Waals surface area contributed by atoms with Crippen LogP contribution in [0, 0.1) is 5.41 Å². The molecule has 0 saturated carbocycles. The lowest BCUT2D eigenvalue weighted by atomic mass is 10.1. The second kappa shape index (κ2) is 12.9. The van der Waals surface area contributed by atoms with E-state index in [0.29, 0.717) is 17.0 Å². The topological polar surface area (TPSA) is 167 Å². The summed E-state index contributed by atoms with van der Waals surface area (Å²) in [5.41, 5.74) is 8.36. The number of amidine groups is 2. The van der Waals surface area contributed by atoms with Crippen LogP contribution in [0.5, 0.6) is 29.1 Å². The number of nitrogens with two attached hydrogens (primary N) is 1. The van der Waals surface area contributed by atoms with Gasteiger partial charge in [-0.3, -0.25) is 10.4 Å². The maximum Gasteiger partial charge on any atom is 0.490 e. The van der Waals surface area contributed by atoms with Crippen LogP contribution in [0.3, 0.4) is 0 Å². The van der Waals surface area contributed by atoms with E-state index in [1.807, 2.05) is 61.6 Å². The van der Waals surface area contributed by atoms with E-state index in [4.69, 9.17) is 30.5 Å². The molecule has 0 bridgehead atoms. The number of carbonyl (C=O) groups is 1. The number of aromatic hydroxyl groups is 1. The Balaban J connectivity index is 0.000000541. The van der Waals surface area contributed by atoms with Crippen LogP contribution in [0.4, 0.5) is 13.2 Å². The lowest BCUT2D eigenvalue weighted by Gasteiger charge is -2.15. The largest absolute Gasteiger partial charge is 0.504 e. The van der Waals surface area contributed by atoms with Crippen LogP contribution >= 0.6 is 0 Å². The third-order valence-electron chi connectivity index (χ3n) is 5.84. The first-order chi connectivity index (χ1) is 20.4. The van der Waals surface area contributed by atoms with E-state index < -0.39 is 12.1 Å². The smallest absolute Gasteiger partial charge is 0.490 e. The number of alkyl halides is 3. The van der Waals surface area contributed by atoms with E-state index in [0.717, 1.165) is 30.1 Å². The minimum Gasteiger partial charge on any atom is -0.504 e. The van der Waals surface area contributed by atoms with Crippen LogP contribution in [0.1, 0.15) is 11.1 Å². The summed E-state index contributed by atoms with van der Waals surface area (Å²) in [6.07, 6.45) is -5.08. The number of nitrogens with one attached hydrogen (secondary N) is 1. The van der Waals surface area contributed by atoms with Crippen LogP contribution < -0.4 is 15.2 Å². The van der Waals surface area contributed by atoms with Gasteiger partial charge in [-0.05, 0) is 30.3 Å². The number of phenols is 1. The molecule has 0 aliphatic carbocycles. The van der Waals surface area contributed by atoms with Gasteiger partial charge in [0.15, 0.2) is 11.5 Å². The van der Waals surface area contributed by atoms with E-state index in [-0.39, 0.29) is 29.2 Å². The first kappa shape index (κ1) is 30.3. The number of carboxylic acid groups (broad SMARTS) is 1. The summed E-state index contributed by atoms with van der Waals surface area (Å²) in [4.78, 5) is 24.6. The molecule has 0 unspecified atom stereocenters. The van der Waals surface area contributed by atoms with Crippen molar-refractivity contribution in [3.63, 3.8) is 0 Å². The molecular weight excluding hydrogens is 569 g/mol. The Labute approximate surface area is 243 Å². The van der Waals surface area contributed by atoms with Crippen molar-refractivity contribution in [3.05, 3.63) is 90.0 Å². The molecule has 43 heavy (non-hydrogen) atoms. The average Bonchev–Trinajstić information content (AvgIpc) is 3.40. The number of nitrogen functional groups attached to an aromatic ring is 1. The van der Waals surface area contributed by atoms with E-state index in [1.165, 1.54) is 18.2 Å². The molecule has 14 heteroatoms. The Hall–Kier alpha value is -5.66. The zero-order chi connectivity index (χ0) is 31.1. The number of hydrogen-bond donors (Lipinski definition) is 4. The molecule has 5 N–H and O–H groups in total. The lowest BCUT2D eigenvalue weighted by Crippen LogP contribution is -2.23. The molecule has 0 saturated heterocycles. The molecular formula is C29H25F3N6O5. The van der Waals surface area contributed by atoms with Gasteiger partial charge in [-0.25, -0.2) is 4.79 Å².